The van der Waals surface area contributed by atoms with E-state index in [1.165, 1.54) is 0 Å². The topological polar surface area (TPSA) is 52.0 Å². The minimum Gasteiger partial charge on any atom is -0.329 e. The Morgan fingerprint density at radius 3 is 1.38 bits per heavy atom. The number of thiol groups is 1. The third-order valence-electron chi connectivity index (χ3n) is 0.167. The van der Waals surface area contributed by atoms with Gasteiger partial charge in [-0.05, 0) is 5.25 Å². The summed E-state index contributed by atoms with van der Waals surface area (Å²) in [5.41, 5.74) is 9.81. The summed E-state index contributed by atoms with van der Waals surface area (Å²) in [6.45, 7) is 5.26. The van der Waals surface area contributed by atoms with Gasteiger partial charge in [-0.2, -0.15) is 12.6 Å². The van der Waals surface area contributed by atoms with Crippen molar-refractivity contribution in [1.29, 1.82) is 0 Å². The van der Waals surface area contributed by atoms with Gasteiger partial charge in [-0.25, -0.2) is 0 Å². The van der Waals surface area contributed by atoms with Crippen LogP contribution in [0.1, 0.15) is 13.8 Å². The smallest absolute Gasteiger partial charge is 0.00461 e. The number of hydrogen-bond donors (Lipinski definition) is 3. The second-order valence-electron chi connectivity index (χ2n) is 1.67. The van der Waals surface area contributed by atoms with E-state index in [2.05, 4.69) is 12.6 Å². The van der Waals surface area contributed by atoms with Gasteiger partial charge in [-0.1, -0.05) is 13.8 Å². The molecule has 0 aromatic carbocycles. The van der Waals surface area contributed by atoms with E-state index in [0.29, 0.717) is 18.3 Å². The normalized spacial score (nSPS) is 8.25. The average Bonchev–Trinajstić information content (AvgIpc) is 1.65. The van der Waals surface area contributed by atoms with Gasteiger partial charge in [-0.15, -0.1) is 0 Å². The van der Waals surface area contributed by atoms with Crippen molar-refractivity contribution in [2.75, 3.05) is 13.1 Å². The molecule has 8 heavy (non-hydrogen) atoms. The Bertz CT molecular complexity index is 26.9. The first kappa shape index (κ1) is 11.1. The molecule has 0 saturated carbocycles. The van der Waals surface area contributed by atoms with Crippen LogP contribution in [0.2, 0.25) is 0 Å². The molecule has 0 rings (SSSR count). The fourth-order valence-corrected chi connectivity index (χ4v) is 0. The summed E-state index contributed by atoms with van der Waals surface area (Å²) in [5, 5.41) is 0.528. The summed E-state index contributed by atoms with van der Waals surface area (Å²) in [6, 6.07) is 0. The van der Waals surface area contributed by atoms with E-state index in [9.17, 15) is 0 Å². The highest BCUT2D eigenvalue weighted by molar-refractivity contribution is 7.80. The highest BCUT2D eigenvalue weighted by Crippen LogP contribution is 1.83. The molecule has 3 heteroatoms. The van der Waals surface area contributed by atoms with Crippen molar-refractivity contribution in [2.24, 2.45) is 11.5 Å². The van der Waals surface area contributed by atoms with Crippen molar-refractivity contribution >= 4 is 12.6 Å². The molecule has 0 spiro atoms. The van der Waals surface area contributed by atoms with Crippen LogP contribution in [-0.4, -0.2) is 18.3 Å². The Labute approximate surface area is 57.0 Å². The predicted octanol–water partition coefficient (Wildman–Crippen LogP) is 0.228. The maximum Gasteiger partial charge on any atom is 0.00461 e. The van der Waals surface area contributed by atoms with Crippen LogP contribution in [-0.2, 0) is 0 Å². The van der Waals surface area contributed by atoms with E-state index < -0.39 is 0 Å². The SMILES string of the molecule is CC(C)S.NCCN. The Morgan fingerprint density at radius 1 is 1.25 bits per heavy atom. The van der Waals surface area contributed by atoms with Crippen LogP contribution < -0.4 is 11.5 Å². The van der Waals surface area contributed by atoms with E-state index >= 15 is 0 Å². The molecule has 0 bridgehead atoms. The van der Waals surface area contributed by atoms with E-state index in [1.54, 1.807) is 0 Å². The van der Waals surface area contributed by atoms with Crippen molar-refractivity contribution in [2.45, 2.75) is 19.1 Å². The number of hydrogen-bond acceptors (Lipinski definition) is 3. The minimum atomic E-state index is 0.528. The molecule has 0 heterocycles. The van der Waals surface area contributed by atoms with Crippen molar-refractivity contribution in [3.63, 3.8) is 0 Å². The van der Waals surface area contributed by atoms with Crippen LogP contribution in [0.4, 0.5) is 0 Å². The lowest BCUT2D eigenvalue weighted by atomic mass is 10.6. The molecular weight excluding hydrogens is 120 g/mol. The van der Waals surface area contributed by atoms with Crippen LogP contribution in [0.15, 0.2) is 0 Å². The molecule has 0 aliphatic heterocycles. The summed E-state index contributed by atoms with van der Waals surface area (Å²) in [6.07, 6.45) is 0. The Morgan fingerprint density at radius 2 is 1.38 bits per heavy atom. The molecule has 0 unspecified atom stereocenters. The van der Waals surface area contributed by atoms with Crippen LogP contribution in [0.3, 0.4) is 0 Å². The average molecular weight is 136 g/mol. The number of nitrogens with two attached hydrogens (primary N) is 2. The van der Waals surface area contributed by atoms with Crippen molar-refractivity contribution in [3.05, 3.63) is 0 Å². The molecule has 0 aromatic rings. The van der Waals surface area contributed by atoms with E-state index in [-0.39, 0.29) is 0 Å². The predicted molar refractivity (Wildman–Crippen MR) is 42.2 cm³/mol. The fraction of sp³-hybridized carbons (Fsp3) is 1.00. The first-order valence-corrected chi connectivity index (χ1v) is 3.25. The second-order valence-corrected chi connectivity index (χ2v) is 2.70. The molecule has 0 fully saturated rings. The van der Waals surface area contributed by atoms with Gasteiger partial charge >= 0.3 is 0 Å². The third kappa shape index (κ3) is 108. The molecule has 4 N–H and O–H groups in total. The van der Waals surface area contributed by atoms with Crippen molar-refractivity contribution in [3.8, 4) is 0 Å². The Hall–Kier alpha value is 0.270. The first-order chi connectivity index (χ1) is 3.65. The van der Waals surface area contributed by atoms with Crippen LogP contribution in [0.25, 0.3) is 0 Å². The number of rotatable bonds is 1. The molecule has 52 valence electrons. The zero-order chi connectivity index (χ0) is 6.99. The van der Waals surface area contributed by atoms with Gasteiger partial charge in [0.15, 0.2) is 0 Å². The maximum atomic E-state index is 4.90. The van der Waals surface area contributed by atoms with Crippen molar-refractivity contribution < 1.29 is 0 Å². The molecule has 0 aliphatic rings. The fourth-order valence-electron chi connectivity index (χ4n) is 0. The monoisotopic (exact) mass is 136 g/mol. The van der Waals surface area contributed by atoms with E-state index in [1.807, 2.05) is 13.8 Å². The zero-order valence-electron chi connectivity index (χ0n) is 5.59. The molecule has 2 nitrogen and oxygen atoms in total. The molecule has 0 saturated heterocycles. The first-order valence-electron chi connectivity index (χ1n) is 2.73. The van der Waals surface area contributed by atoms with Crippen LogP contribution in [0.5, 0.6) is 0 Å². The third-order valence-corrected chi connectivity index (χ3v) is 0.167. The molecule has 0 radical (unpaired) electrons. The maximum absolute atomic E-state index is 4.90. The molecular formula is C5H16N2S. The van der Waals surface area contributed by atoms with E-state index in [0.717, 1.165) is 0 Å². The second kappa shape index (κ2) is 10.3. The van der Waals surface area contributed by atoms with Crippen LogP contribution >= 0.6 is 12.6 Å². The van der Waals surface area contributed by atoms with Gasteiger partial charge in [0.2, 0.25) is 0 Å². The van der Waals surface area contributed by atoms with Gasteiger partial charge in [-0.3, -0.25) is 0 Å². The summed E-state index contributed by atoms with van der Waals surface area (Å²) in [4.78, 5) is 0. The molecule has 0 aliphatic carbocycles. The van der Waals surface area contributed by atoms with Gasteiger partial charge in [0.1, 0.15) is 0 Å². The van der Waals surface area contributed by atoms with Gasteiger partial charge in [0.25, 0.3) is 0 Å². The Kier molecular flexibility index (Phi) is 14.3. The highest BCUT2D eigenvalue weighted by Gasteiger charge is 1.69. The largest absolute Gasteiger partial charge is 0.329 e. The van der Waals surface area contributed by atoms with Crippen molar-refractivity contribution in [1.82, 2.24) is 0 Å². The van der Waals surface area contributed by atoms with Gasteiger partial charge in [0.05, 0.1) is 0 Å². The molecule has 0 atom stereocenters. The standard InChI is InChI=1S/C3H8S.C2H8N2/c1-3(2)4;3-1-2-4/h3-4H,1-2H3;1-4H2. The minimum absolute atomic E-state index is 0.528. The summed E-state index contributed by atoms with van der Waals surface area (Å²) < 4.78 is 0. The van der Waals surface area contributed by atoms with Crippen LogP contribution in [0, 0.1) is 0 Å². The lowest BCUT2D eigenvalue weighted by Crippen LogP contribution is -2.11. The van der Waals surface area contributed by atoms with Gasteiger partial charge in [0, 0.05) is 13.1 Å². The van der Waals surface area contributed by atoms with Gasteiger partial charge < -0.3 is 11.5 Å². The zero-order valence-corrected chi connectivity index (χ0v) is 6.49. The summed E-state index contributed by atoms with van der Waals surface area (Å²) in [5.74, 6) is 0. The lowest BCUT2D eigenvalue weighted by Gasteiger charge is -1.78. The summed E-state index contributed by atoms with van der Waals surface area (Å²) in [7, 11) is 0. The highest BCUT2D eigenvalue weighted by atomic mass is 32.1. The lowest BCUT2D eigenvalue weighted by molar-refractivity contribution is 0.976. The summed E-state index contributed by atoms with van der Waals surface area (Å²) >= 11 is 3.97. The molecule has 0 amide bonds. The quantitative estimate of drug-likeness (QED) is 0.452. The molecule has 0 aromatic heterocycles. The Balaban J connectivity index is 0. The van der Waals surface area contributed by atoms with E-state index in [4.69, 9.17) is 11.5 Å².